The number of amides is 2. The van der Waals surface area contributed by atoms with Crippen molar-refractivity contribution in [1.82, 2.24) is 4.90 Å². The summed E-state index contributed by atoms with van der Waals surface area (Å²) < 4.78 is 25.3. The summed E-state index contributed by atoms with van der Waals surface area (Å²) in [7, 11) is 0. The van der Waals surface area contributed by atoms with Crippen LogP contribution in [0.2, 0.25) is 0 Å². The van der Waals surface area contributed by atoms with Gasteiger partial charge in [-0.3, -0.25) is 0 Å². The van der Waals surface area contributed by atoms with Crippen molar-refractivity contribution in [3.05, 3.63) is 59.9 Å². The molecule has 0 radical (unpaired) electrons. The lowest BCUT2D eigenvalue weighted by molar-refractivity contribution is -0.225. The third-order valence-corrected chi connectivity index (χ3v) is 4.65. The topological polar surface area (TPSA) is 50.8 Å². The molecule has 2 amide bonds. The number of hydrogen-bond acceptors (Lipinski definition) is 3. The number of anilines is 1. The molecule has 130 valence electrons. The van der Waals surface area contributed by atoms with Crippen LogP contribution in [0, 0.1) is 5.82 Å². The molecule has 2 aliphatic heterocycles. The highest BCUT2D eigenvalue weighted by molar-refractivity contribution is 5.89. The van der Waals surface area contributed by atoms with Crippen molar-refractivity contribution in [2.45, 2.75) is 25.2 Å². The molecule has 0 unspecified atom stereocenters. The number of carbonyl (C=O) groups excluding carboxylic acids is 1. The number of urea groups is 1. The van der Waals surface area contributed by atoms with Crippen LogP contribution in [0.5, 0.6) is 5.75 Å². The van der Waals surface area contributed by atoms with E-state index in [2.05, 4.69) is 5.32 Å². The van der Waals surface area contributed by atoms with Gasteiger partial charge >= 0.3 is 6.03 Å². The van der Waals surface area contributed by atoms with Crippen LogP contribution < -0.4 is 10.1 Å². The fourth-order valence-electron chi connectivity index (χ4n) is 3.23. The number of fused-ring (bicyclic) bond motifs is 1. The first-order chi connectivity index (χ1) is 12.1. The number of ether oxygens (including phenoxy) is 2. The van der Waals surface area contributed by atoms with Crippen molar-refractivity contribution in [3.8, 4) is 5.75 Å². The molecule has 0 aliphatic carbocycles. The fraction of sp³-hybridized carbons (Fsp3) is 0.316. The van der Waals surface area contributed by atoms with Crippen LogP contribution in [0.25, 0.3) is 0 Å². The Morgan fingerprint density at radius 2 is 1.92 bits per heavy atom. The molecule has 2 heterocycles. The van der Waals surface area contributed by atoms with Gasteiger partial charge in [0.15, 0.2) is 0 Å². The predicted octanol–water partition coefficient (Wildman–Crippen LogP) is 3.76. The Morgan fingerprint density at radius 1 is 1.12 bits per heavy atom. The zero-order valence-electron chi connectivity index (χ0n) is 13.7. The summed E-state index contributed by atoms with van der Waals surface area (Å²) in [6, 6.07) is 13.5. The summed E-state index contributed by atoms with van der Waals surface area (Å²) in [5.74, 6) is -0.186. The summed E-state index contributed by atoms with van der Waals surface area (Å²) in [6.45, 7) is 1.55. The van der Waals surface area contributed by atoms with E-state index in [-0.39, 0.29) is 11.8 Å². The van der Waals surface area contributed by atoms with Crippen molar-refractivity contribution >= 4 is 11.7 Å². The van der Waals surface area contributed by atoms with E-state index in [0.717, 1.165) is 11.3 Å². The number of nitrogens with zero attached hydrogens (tertiary/aromatic N) is 1. The molecule has 5 nitrogen and oxygen atoms in total. The normalized spacial score (nSPS) is 18.4. The summed E-state index contributed by atoms with van der Waals surface area (Å²) in [5, 5.41) is 2.72. The molecule has 1 spiro atoms. The van der Waals surface area contributed by atoms with Gasteiger partial charge in [0.05, 0.1) is 6.61 Å². The Labute approximate surface area is 145 Å². The maximum absolute atomic E-state index is 13.2. The van der Waals surface area contributed by atoms with E-state index in [1.807, 2.05) is 24.3 Å². The number of piperidine rings is 1. The molecule has 0 saturated carbocycles. The second kappa shape index (κ2) is 6.37. The van der Waals surface area contributed by atoms with Gasteiger partial charge in [0.2, 0.25) is 5.79 Å². The molecule has 6 heteroatoms. The van der Waals surface area contributed by atoms with E-state index < -0.39 is 5.79 Å². The number of para-hydroxylation sites is 1. The van der Waals surface area contributed by atoms with Gasteiger partial charge in [0.25, 0.3) is 0 Å². The van der Waals surface area contributed by atoms with Crippen molar-refractivity contribution in [2.24, 2.45) is 0 Å². The molecular formula is C19H19FN2O3. The first-order valence-corrected chi connectivity index (χ1v) is 8.36. The van der Waals surface area contributed by atoms with Crippen LogP contribution in [-0.4, -0.2) is 29.8 Å². The average molecular weight is 342 g/mol. The summed E-state index contributed by atoms with van der Waals surface area (Å²) in [4.78, 5) is 14.1. The zero-order valence-corrected chi connectivity index (χ0v) is 13.7. The number of benzene rings is 2. The molecule has 0 atom stereocenters. The van der Waals surface area contributed by atoms with Gasteiger partial charge < -0.3 is 19.7 Å². The van der Waals surface area contributed by atoms with E-state index in [1.54, 1.807) is 17.0 Å². The minimum absolute atomic E-state index is 0.239. The third kappa shape index (κ3) is 3.30. The Bertz CT molecular complexity index is 788. The highest BCUT2D eigenvalue weighted by atomic mass is 19.1. The Morgan fingerprint density at radius 3 is 2.72 bits per heavy atom. The van der Waals surface area contributed by atoms with Crippen LogP contribution in [-0.2, 0) is 11.3 Å². The van der Waals surface area contributed by atoms with E-state index in [4.69, 9.17) is 9.47 Å². The van der Waals surface area contributed by atoms with Crippen LogP contribution in [0.1, 0.15) is 18.4 Å². The van der Waals surface area contributed by atoms with E-state index in [9.17, 15) is 9.18 Å². The van der Waals surface area contributed by atoms with Crippen molar-refractivity contribution in [1.29, 1.82) is 0 Å². The average Bonchev–Trinajstić information content (AvgIpc) is 2.62. The first kappa shape index (κ1) is 15.9. The highest BCUT2D eigenvalue weighted by Gasteiger charge is 2.41. The van der Waals surface area contributed by atoms with Crippen LogP contribution in [0.3, 0.4) is 0 Å². The van der Waals surface area contributed by atoms with Gasteiger partial charge in [-0.1, -0.05) is 24.3 Å². The quantitative estimate of drug-likeness (QED) is 0.858. The minimum Gasteiger partial charge on any atom is -0.462 e. The SMILES string of the molecule is O=C(Nc1cccc(F)c1)N1CCC2(CC1)OCc1ccccc1O2. The fourth-order valence-corrected chi connectivity index (χ4v) is 3.23. The van der Waals surface area contributed by atoms with Gasteiger partial charge in [0, 0.05) is 37.2 Å². The Kier molecular flexibility index (Phi) is 4.05. The third-order valence-electron chi connectivity index (χ3n) is 4.65. The highest BCUT2D eigenvalue weighted by Crippen LogP contribution is 2.37. The molecule has 4 rings (SSSR count). The largest absolute Gasteiger partial charge is 0.462 e. The Hall–Kier alpha value is -2.60. The second-order valence-electron chi connectivity index (χ2n) is 6.34. The summed E-state index contributed by atoms with van der Waals surface area (Å²) >= 11 is 0. The lowest BCUT2D eigenvalue weighted by atomic mass is 10.0. The molecule has 25 heavy (non-hydrogen) atoms. The molecule has 0 aromatic heterocycles. The van der Waals surface area contributed by atoms with Crippen LogP contribution in [0.4, 0.5) is 14.9 Å². The lowest BCUT2D eigenvalue weighted by Crippen LogP contribution is -2.53. The van der Waals surface area contributed by atoms with Gasteiger partial charge in [-0.15, -0.1) is 0 Å². The van der Waals surface area contributed by atoms with Crippen molar-refractivity contribution in [3.63, 3.8) is 0 Å². The van der Waals surface area contributed by atoms with E-state index in [1.165, 1.54) is 12.1 Å². The molecule has 0 bridgehead atoms. The molecular weight excluding hydrogens is 323 g/mol. The predicted molar refractivity (Wildman–Crippen MR) is 90.8 cm³/mol. The van der Waals surface area contributed by atoms with Crippen LogP contribution in [0.15, 0.2) is 48.5 Å². The number of hydrogen-bond donors (Lipinski definition) is 1. The molecule has 2 aliphatic rings. The smallest absolute Gasteiger partial charge is 0.321 e. The number of halogens is 1. The lowest BCUT2D eigenvalue weighted by Gasteiger charge is -2.43. The van der Waals surface area contributed by atoms with Gasteiger partial charge in [0.1, 0.15) is 11.6 Å². The number of carbonyl (C=O) groups is 1. The Balaban J connectivity index is 1.38. The molecule has 1 N–H and O–H groups in total. The van der Waals surface area contributed by atoms with Gasteiger partial charge in [-0.2, -0.15) is 0 Å². The standard InChI is InChI=1S/C19H19FN2O3/c20-15-5-3-6-16(12-15)21-18(23)22-10-8-19(9-11-22)24-13-14-4-1-2-7-17(14)25-19/h1-7,12H,8-11,13H2,(H,21,23). The molecule has 1 fully saturated rings. The first-order valence-electron chi connectivity index (χ1n) is 8.36. The maximum atomic E-state index is 13.2. The van der Waals surface area contributed by atoms with Crippen molar-refractivity contribution in [2.75, 3.05) is 18.4 Å². The van der Waals surface area contributed by atoms with Gasteiger partial charge in [-0.05, 0) is 24.3 Å². The van der Waals surface area contributed by atoms with Gasteiger partial charge in [-0.25, -0.2) is 9.18 Å². The van der Waals surface area contributed by atoms with E-state index >= 15 is 0 Å². The molecule has 1 saturated heterocycles. The summed E-state index contributed by atoms with van der Waals surface area (Å²) in [6.07, 6.45) is 1.19. The van der Waals surface area contributed by atoms with Crippen LogP contribution >= 0.6 is 0 Å². The summed E-state index contributed by atoms with van der Waals surface area (Å²) in [5.41, 5.74) is 1.49. The van der Waals surface area contributed by atoms with E-state index in [0.29, 0.717) is 38.2 Å². The minimum atomic E-state index is -0.663. The zero-order chi connectivity index (χ0) is 17.3. The monoisotopic (exact) mass is 342 g/mol. The second-order valence-corrected chi connectivity index (χ2v) is 6.34. The molecule has 2 aromatic rings. The molecule has 2 aromatic carbocycles. The number of nitrogens with one attached hydrogen (secondary N) is 1. The number of likely N-dealkylation sites (tertiary alicyclic amines) is 1. The van der Waals surface area contributed by atoms with Crippen molar-refractivity contribution < 1.29 is 18.7 Å². The number of rotatable bonds is 1. The maximum Gasteiger partial charge on any atom is 0.321 e.